The summed E-state index contributed by atoms with van der Waals surface area (Å²) in [5.41, 5.74) is 8.81. The van der Waals surface area contributed by atoms with Crippen LogP contribution in [0.2, 0.25) is 0 Å². The molecule has 0 bridgehead atoms. The fraction of sp³-hybridized carbons (Fsp3) is 0.0556. The molecule has 3 aromatic rings. The number of aromatic nitrogens is 2. The minimum atomic E-state index is 0. The molecule has 0 radical (unpaired) electrons. The average Bonchev–Trinajstić information content (AvgIpc) is 2.62. The molecule has 1 heterocycles. The molecule has 0 saturated carbocycles. The quantitative estimate of drug-likeness (QED) is 0.784. The minimum absolute atomic E-state index is 0. The molecule has 2 N–H and O–H groups in total. The van der Waals surface area contributed by atoms with Gasteiger partial charge in [-0.2, -0.15) is 10.2 Å². The Morgan fingerprint density at radius 3 is 2.54 bits per heavy atom. The molecule has 0 saturated heterocycles. The summed E-state index contributed by atoms with van der Waals surface area (Å²) in [5.74, 6) is 1.07. The minimum Gasteiger partial charge on any atom is -0.439 e. The van der Waals surface area contributed by atoms with Crippen molar-refractivity contribution in [3.63, 3.8) is 0 Å². The van der Waals surface area contributed by atoms with E-state index in [1.807, 2.05) is 54.6 Å². The second-order valence-electron chi connectivity index (χ2n) is 4.86. The number of rotatable bonds is 4. The van der Waals surface area contributed by atoms with Crippen LogP contribution in [-0.4, -0.2) is 9.97 Å². The van der Waals surface area contributed by atoms with Crippen LogP contribution in [0.1, 0.15) is 11.4 Å². The van der Waals surface area contributed by atoms with Crippen molar-refractivity contribution in [1.82, 2.24) is 9.97 Å². The lowest BCUT2D eigenvalue weighted by Crippen LogP contribution is -1.95. The van der Waals surface area contributed by atoms with Crippen molar-refractivity contribution in [1.29, 1.82) is 5.26 Å². The molecule has 24 heavy (non-hydrogen) atoms. The molecule has 0 spiro atoms. The van der Waals surface area contributed by atoms with Crippen molar-refractivity contribution in [3.8, 4) is 28.8 Å². The summed E-state index contributed by atoms with van der Waals surface area (Å²) < 4.78 is 5.71. The van der Waals surface area contributed by atoms with Crippen molar-refractivity contribution < 1.29 is 4.74 Å². The maximum Gasteiger partial charge on any atom is 0.235 e. The number of benzene rings is 2. The lowest BCUT2D eigenvalue weighted by atomic mass is 10.0. The Kier molecular flexibility index (Phi) is 5.85. The Balaban J connectivity index is 0.00000208. The van der Waals surface area contributed by atoms with E-state index in [0.29, 0.717) is 18.2 Å². The van der Waals surface area contributed by atoms with E-state index in [1.165, 1.54) is 6.20 Å². The monoisotopic (exact) mass is 338 g/mol. The maximum absolute atomic E-state index is 8.82. The standard InChI is InChI=1S/C18H14N4O.ClH/c19-11-13-4-6-14(7-5-13)15-2-1-3-16(10-15)23-18-8-9-21-17(12-20)22-18;/h1-10H,11,19H2;1H. The number of hydrogen-bond donors (Lipinski definition) is 1. The summed E-state index contributed by atoms with van der Waals surface area (Å²) in [6, 6.07) is 19.2. The Morgan fingerprint density at radius 2 is 1.83 bits per heavy atom. The third-order valence-corrected chi connectivity index (χ3v) is 3.31. The number of nitrogens with two attached hydrogens (primary N) is 1. The summed E-state index contributed by atoms with van der Waals surface area (Å²) in [6.45, 7) is 0.526. The highest BCUT2D eigenvalue weighted by molar-refractivity contribution is 5.85. The number of hydrogen-bond acceptors (Lipinski definition) is 5. The van der Waals surface area contributed by atoms with E-state index in [9.17, 15) is 0 Å². The highest BCUT2D eigenvalue weighted by Gasteiger charge is 2.04. The molecule has 0 aliphatic heterocycles. The molecule has 6 heteroatoms. The summed E-state index contributed by atoms with van der Waals surface area (Å²) in [5, 5.41) is 8.82. The van der Waals surface area contributed by atoms with E-state index in [0.717, 1.165) is 16.7 Å². The lowest BCUT2D eigenvalue weighted by Gasteiger charge is -2.07. The van der Waals surface area contributed by atoms with Crippen molar-refractivity contribution in [2.75, 3.05) is 0 Å². The van der Waals surface area contributed by atoms with Gasteiger partial charge in [0.15, 0.2) is 0 Å². The molecule has 0 aliphatic rings. The van der Waals surface area contributed by atoms with Crippen LogP contribution in [0.3, 0.4) is 0 Å². The van der Waals surface area contributed by atoms with Gasteiger partial charge in [-0.05, 0) is 28.8 Å². The molecule has 120 valence electrons. The molecule has 2 aromatic carbocycles. The van der Waals surface area contributed by atoms with Crippen LogP contribution < -0.4 is 10.5 Å². The molecule has 1 aromatic heterocycles. The summed E-state index contributed by atoms with van der Waals surface area (Å²) in [6.07, 6.45) is 1.50. The highest BCUT2D eigenvalue weighted by atomic mass is 35.5. The Morgan fingerprint density at radius 1 is 1.04 bits per heavy atom. The fourth-order valence-corrected chi connectivity index (χ4v) is 2.15. The smallest absolute Gasteiger partial charge is 0.235 e. The second kappa shape index (κ2) is 8.06. The van der Waals surface area contributed by atoms with Crippen molar-refractivity contribution >= 4 is 12.4 Å². The highest BCUT2D eigenvalue weighted by Crippen LogP contribution is 2.26. The Hall–Kier alpha value is -2.94. The van der Waals surface area contributed by atoms with Crippen molar-refractivity contribution in [3.05, 3.63) is 72.2 Å². The normalized spacial score (nSPS) is 9.67. The van der Waals surface area contributed by atoms with Crippen LogP contribution in [0, 0.1) is 11.3 Å². The number of nitriles is 1. The molecule has 3 rings (SSSR count). The van der Waals surface area contributed by atoms with Gasteiger partial charge in [-0.15, -0.1) is 12.4 Å². The molecule has 0 fully saturated rings. The second-order valence-corrected chi connectivity index (χ2v) is 4.86. The molecular weight excluding hydrogens is 324 g/mol. The lowest BCUT2D eigenvalue weighted by molar-refractivity contribution is 0.461. The number of nitrogens with zero attached hydrogens (tertiary/aromatic N) is 3. The van der Waals surface area contributed by atoms with E-state index in [2.05, 4.69) is 9.97 Å². The fourth-order valence-electron chi connectivity index (χ4n) is 2.15. The van der Waals surface area contributed by atoms with Gasteiger partial charge < -0.3 is 10.5 Å². The van der Waals surface area contributed by atoms with E-state index in [1.54, 1.807) is 6.07 Å². The average molecular weight is 339 g/mol. The van der Waals surface area contributed by atoms with Crippen LogP contribution in [0.4, 0.5) is 0 Å². The first kappa shape index (κ1) is 17.4. The van der Waals surface area contributed by atoms with Gasteiger partial charge >= 0.3 is 0 Å². The zero-order valence-electron chi connectivity index (χ0n) is 12.7. The Labute approximate surface area is 146 Å². The van der Waals surface area contributed by atoms with E-state index >= 15 is 0 Å². The van der Waals surface area contributed by atoms with Gasteiger partial charge in [-0.1, -0.05) is 36.4 Å². The predicted molar refractivity (Wildman–Crippen MR) is 93.8 cm³/mol. The molecule has 0 atom stereocenters. The molecule has 0 aliphatic carbocycles. The topological polar surface area (TPSA) is 84.8 Å². The number of ether oxygens (including phenoxy) is 1. The summed E-state index contributed by atoms with van der Waals surface area (Å²) in [4.78, 5) is 7.82. The third kappa shape index (κ3) is 4.07. The summed E-state index contributed by atoms with van der Waals surface area (Å²) >= 11 is 0. The van der Waals surface area contributed by atoms with Crippen LogP contribution in [0.5, 0.6) is 11.6 Å². The van der Waals surface area contributed by atoms with Crippen molar-refractivity contribution in [2.24, 2.45) is 5.73 Å². The zero-order chi connectivity index (χ0) is 16.1. The molecule has 0 unspecified atom stereocenters. The molecular formula is C18H15ClN4O. The van der Waals surface area contributed by atoms with E-state index in [-0.39, 0.29) is 18.2 Å². The summed E-state index contributed by atoms with van der Waals surface area (Å²) in [7, 11) is 0. The SMILES string of the molecule is Cl.N#Cc1nccc(Oc2cccc(-c3ccc(CN)cc3)c2)n1. The van der Waals surface area contributed by atoms with Gasteiger partial charge in [-0.25, -0.2) is 4.98 Å². The first-order valence-corrected chi connectivity index (χ1v) is 7.09. The first-order valence-electron chi connectivity index (χ1n) is 7.09. The number of halogens is 1. The van der Waals surface area contributed by atoms with E-state index in [4.69, 9.17) is 15.7 Å². The van der Waals surface area contributed by atoms with E-state index < -0.39 is 0 Å². The van der Waals surface area contributed by atoms with Crippen LogP contribution in [0.25, 0.3) is 11.1 Å². The van der Waals surface area contributed by atoms with Crippen molar-refractivity contribution in [2.45, 2.75) is 6.54 Å². The van der Waals surface area contributed by atoms with Gasteiger partial charge in [0.05, 0.1) is 0 Å². The van der Waals surface area contributed by atoms with Gasteiger partial charge in [0.25, 0.3) is 0 Å². The molecule has 5 nitrogen and oxygen atoms in total. The maximum atomic E-state index is 8.82. The van der Waals surface area contributed by atoms with Crippen LogP contribution >= 0.6 is 12.4 Å². The largest absolute Gasteiger partial charge is 0.439 e. The zero-order valence-corrected chi connectivity index (χ0v) is 13.5. The first-order chi connectivity index (χ1) is 11.3. The van der Waals surface area contributed by atoms with Crippen LogP contribution in [-0.2, 0) is 6.54 Å². The van der Waals surface area contributed by atoms with Gasteiger partial charge in [0.2, 0.25) is 11.7 Å². The molecule has 0 amide bonds. The van der Waals surface area contributed by atoms with Gasteiger partial charge in [0.1, 0.15) is 11.8 Å². The third-order valence-electron chi connectivity index (χ3n) is 3.31. The predicted octanol–water partition coefficient (Wildman–Crippen LogP) is 3.69. The Bertz CT molecular complexity index is 859. The van der Waals surface area contributed by atoms with Gasteiger partial charge in [0, 0.05) is 18.8 Å². The van der Waals surface area contributed by atoms with Gasteiger partial charge in [-0.3, -0.25) is 0 Å². The van der Waals surface area contributed by atoms with Crippen LogP contribution in [0.15, 0.2) is 60.8 Å².